The van der Waals surface area contributed by atoms with Gasteiger partial charge in [-0.05, 0) is 61.4 Å². The molecule has 1 fully saturated rings. The van der Waals surface area contributed by atoms with Gasteiger partial charge in [0.1, 0.15) is 6.04 Å². The molecule has 2 aromatic rings. The Morgan fingerprint density at radius 3 is 2.14 bits per heavy atom. The first-order valence-electron chi connectivity index (χ1n) is 10.3. The maximum Gasteiger partial charge on any atom is 0.251 e. The number of amides is 2. The monoisotopic (exact) mass is 412 g/mol. The first kappa shape index (κ1) is 21.4. The van der Waals surface area contributed by atoms with Crippen LogP contribution in [0.5, 0.6) is 0 Å². The van der Waals surface area contributed by atoms with Gasteiger partial charge < -0.3 is 10.2 Å². The minimum Gasteiger partial charge on any atom is -0.341 e. The van der Waals surface area contributed by atoms with Crippen LogP contribution in [0.25, 0.3) is 0 Å². The Morgan fingerprint density at radius 1 is 1.00 bits per heavy atom. The van der Waals surface area contributed by atoms with Gasteiger partial charge in [-0.25, -0.2) is 0 Å². The van der Waals surface area contributed by atoms with E-state index in [1.165, 1.54) is 5.56 Å². The summed E-state index contributed by atoms with van der Waals surface area (Å²) in [6.07, 6.45) is 1.84. The molecule has 154 valence electrons. The molecule has 1 unspecified atom stereocenters. The Hall–Kier alpha value is -2.33. The number of nitrogens with zero attached hydrogens (tertiary/aromatic N) is 1. The minimum absolute atomic E-state index is 0.00928. The molecular formula is C24H29ClN2O2. The molecule has 5 heteroatoms. The molecule has 2 aromatic carbocycles. The van der Waals surface area contributed by atoms with Gasteiger partial charge >= 0.3 is 0 Å². The van der Waals surface area contributed by atoms with Crippen LogP contribution in [-0.4, -0.2) is 35.8 Å². The summed E-state index contributed by atoms with van der Waals surface area (Å²) in [5.74, 6) is 0.268. The highest BCUT2D eigenvalue weighted by Crippen LogP contribution is 2.29. The van der Waals surface area contributed by atoms with Crippen molar-refractivity contribution in [3.05, 3.63) is 70.2 Å². The molecule has 0 bridgehead atoms. The molecule has 0 aromatic heterocycles. The van der Waals surface area contributed by atoms with Crippen molar-refractivity contribution in [2.45, 2.75) is 45.6 Å². The second-order valence-corrected chi connectivity index (χ2v) is 8.65. The molecule has 0 aliphatic carbocycles. The van der Waals surface area contributed by atoms with E-state index in [-0.39, 0.29) is 17.7 Å². The lowest BCUT2D eigenvalue weighted by Crippen LogP contribution is -2.52. The Morgan fingerprint density at radius 2 is 1.59 bits per heavy atom. The van der Waals surface area contributed by atoms with Crippen LogP contribution in [0.2, 0.25) is 5.02 Å². The average Bonchev–Trinajstić information content (AvgIpc) is 2.72. The van der Waals surface area contributed by atoms with Crippen LogP contribution in [0.15, 0.2) is 48.5 Å². The number of piperidine rings is 1. The highest BCUT2D eigenvalue weighted by atomic mass is 35.5. The van der Waals surface area contributed by atoms with E-state index >= 15 is 0 Å². The topological polar surface area (TPSA) is 49.4 Å². The molecular weight excluding hydrogens is 384 g/mol. The third-order valence-electron chi connectivity index (χ3n) is 5.68. The van der Waals surface area contributed by atoms with Gasteiger partial charge in [0.05, 0.1) is 0 Å². The lowest BCUT2D eigenvalue weighted by Gasteiger charge is -2.35. The second-order valence-electron chi connectivity index (χ2n) is 8.21. The number of rotatable bonds is 5. The molecule has 29 heavy (non-hydrogen) atoms. The predicted octanol–water partition coefficient (Wildman–Crippen LogP) is 4.81. The zero-order chi connectivity index (χ0) is 21.0. The Labute approximate surface area is 178 Å². The maximum absolute atomic E-state index is 13.1. The van der Waals surface area contributed by atoms with Gasteiger partial charge in [0.2, 0.25) is 5.91 Å². The first-order valence-corrected chi connectivity index (χ1v) is 10.6. The number of halogens is 1. The van der Waals surface area contributed by atoms with Crippen molar-refractivity contribution in [3.8, 4) is 0 Å². The number of nitrogens with one attached hydrogen (secondary N) is 1. The number of carbonyl (C=O) groups is 2. The summed E-state index contributed by atoms with van der Waals surface area (Å²) >= 11 is 5.99. The molecule has 3 rings (SSSR count). The molecule has 1 heterocycles. The molecule has 2 amide bonds. The summed E-state index contributed by atoms with van der Waals surface area (Å²) in [7, 11) is 0. The number of benzene rings is 2. The fourth-order valence-corrected chi connectivity index (χ4v) is 3.93. The zero-order valence-corrected chi connectivity index (χ0v) is 18.1. The van der Waals surface area contributed by atoms with E-state index < -0.39 is 6.04 Å². The predicted molar refractivity (Wildman–Crippen MR) is 117 cm³/mol. The van der Waals surface area contributed by atoms with E-state index in [0.29, 0.717) is 24.6 Å². The van der Waals surface area contributed by atoms with Crippen LogP contribution < -0.4 is 5.32 Å². The van der Waals surface area contributed by atoms with E-state index in [9.17, 15) is 9.59 Å². The average molecular weight is 413 g/mol. The van der Waals surface area contributed by atoms with E-state index in [4.69, 9.17) is 11.6 Å². The molecule has 4 nitrogen and oxygen atoms in total. The quantitative estimate of drug-likeness (QED) is 0.766. The number of carbonyl (C=O) groups excluding carboxylic acids is 2. The van der Waals surface area contributed by atoms with Crippen molar-refractivity contribution in [2.24, 2.45) is 5.92 Å². The highest BCUT2D eigenvalue weighted by molar-refractivity contribution is 6.30. The van der Waals surface area contributed by atoms with Gasteiger partial charge in [0.25, 0.3) is 5.91 Å². The van der Waals surface area contributed by atoms with Crippen molar-refractivity contribution in [1.29, 1.82) is 0 Å². The molecule has 1 aliphatic heterocycles. The number of hydrogen-bond donors (Lipinski definition) is 1. The van der Waals surface area contributed by atoms with Crippen LogP contribution >= 0.6 is 11.6 Å². The van der Waals surface area contributed by atoms with E-state index in [1.807, 2.05) is 49.9 Å². The minimum atomic E-state index is -0.518. The van der Waals surface area contributed by atoms with Gasteiger partial charge in [-0.3, -0.25) is 9.59 Å². The molecule has 1 aliphatic rings. The lowest BCUT2D eigenvalue weighted by molar-refractivity contribution is -0.135. The lowest BCUT2D eigenvalue weighted by atomic mass is 9.89. The SMILES string of the molecule is Cc1ccc(C(=O)NC(C(=O)N2CCC(c3ccc(Cl)cc3)CC2)C(C)C)cc1. The summed E-state index contributed by atoms with van der Waals surface area (Å²) in [6, 6.07) is 14.9. The van der Waals surface area contributed by atoms with Gasteiger partial charge in [0.15, 0.2) is 0 Å². The van der Waals surface area contributed by atoms with Gasteiger partial charge in [-0.15, -0.1) is 0 Å². The normalized spacial score (nSPS) is 16.0. The van der Waals surface area contributed by atoms with E-state index in [2.05, 4.69) is 17.4 Å². The first-order chi connectivity index (χ1) is 13.8. The van der Waals surface area contributed by atoms with Crippen molar-refractivity contribution in [2.75, 3.05) is 13.1 Å². The number of hydrogen-bond acceptors (Lipinski definition) is 2. The molecule has 0 saturated carbocycles. The van der Waals surface area contributed by atoms with Crippen molar-refractivity contribution >= 4 is 23.4 Å². The van der Waals surface area contributed by atoms with Gasteiger partial charge in [0, 0.05) is 23.7 Å². The highest BCUT2D eigenvalue weighted by Gasteiger charge is 2.31. The van der Waals surface area contributed by atoms with E-state index in [1.54, 1.807) is 12.1 Å². The third kappa shape index (κ3) is 5.39. The van der Waals surface area contributed by atoms with Crippen molar-refractivity contribution < 1.29 is 9.59 Å². The Balaban J connectivity index is 1.61. The number of likely N-dealkylation sites (tertiary alicyclic amines) is 1. The van der Waals surface area contributed by atoms with Crippen LogP contribution in [-0.2, 0) is 4.79 Å². The van der Waals surface area contributed by atoms with Crippen LogP contribution in [0.4, 0.5) is 0 Å². The summed E-state index contributed by atoms with van der Waals surface area (Å²) in [4.78, 5) is 27.7. The van der Waals surface area contributed by atoms with Crippen molar-refractivity contribution in [1.82, 2.24) is 10.2 Å². The second kappa shape index (κ2) is 9.45. The summed E-state index contributed by atoms with van der Waals surface area (Å²) < 4.78 is 0. The van der Waals surface area contributed by atoms with Gasteiger partial charge in [-0.1, -0.05) is 55.3 Å². The summed E-state index contributed by atoms with van der Waals surface area (Å²) in [5, 5.41) is 3.69. The summed E-state index contributed by atoms with van der Waals surface area (Å²) in [6.45, 7) is 7.33. The summed E-state index contributed by atoms with van der Waals surface area (Å²) in [5.41, 5.74) is 2.95. The van der Waals surface area contributed by atoms with E-state index in [0.717, 1.165) is 23.4 Å². The fourth-order valence-electron chi connectivity index (χ4n) is 3.81. The van der Waals surface area contributed by atoms with Crippen LogP contribution in [0.3, 0.4) is 0 Å². The number of aryl methyl sites for hydroxylation is 1. The molecule has 1 N–H and O–H groups in total. The standard InChI is InChI=1S/C24H29ClN2O2/c1-16(2)22(26-23(28)20-6-4-17(3)5-7-20)24(29)27-14-12-19(13-15-27)18-8-10-21(25)11-9-18/h4-11,16,19,22H,12-15H2,1-3H3,(H,26,28). The smallest absolute Gasteiger partial charge is 0.251 e. The van der Waals surface area contributed by atoms with Gasteiger partial charge in [-0.2, -0.15) is 0 Å². The van der Waals surface area contributed by atoms with Crippen LogP contribution in [0, 0.1) is 12.8 Å². The van der Waals surface area contributed by atoms with Crippen LogP contribution in [0.1, 0.15) is 54.1 Å². The largest absolute Gasteiger partial charge is 0.341 e. The van der Waals surface area contributed by atoms with Crippen molar-refractivity contribution in [3.63, 3.8) is 0 Å². The molecule has 1 atom stereocenters. The molecule has 0 spiro atoms. The fraction of sp³-hybridized carbons (Fsp3) is 0.417. The Kier molecular flexibility index (Phi) is 6.96. The molecule has 1 saturated heterocycles. The maximum atomic E-state index is 13.1. The third-order valence-corrected chi connectivity index (χ3v) is 5.93. The zero-order valence-electron chi connectivity index (χ0n) is 17.3. The molecule has 0 radical (unpaired) electrons. The Bertz CT molecular complexity index is 838.